The van der Waals surface area contributed by atoms with Gasteiger partial charge in [-0.15, -0.1) is 0 Å². The third kappa shape index (κ3) is 5.69. The zero-order chi connectivity index (χ0) is 16.7. The summed E-state index contributed by atoms with van der Waals surface area (Å²) < 4.78 is 0. The lowest BCUT2D eigenvalue weighted by atomic mass is 9.93. The van der Waals surface area contributed by atoms with Crippen LogP contribution in [0.4, 0.5) is 0 Å². The van der Waals surface area contributed by atoms with Crippen LogP contribution in [0.15, 0.2) is 78.4 Å². The summed E-state index contributed by atoms with van der Waals surface area (Å²) in [6.07, 6.45) is 9.67. The molecule has 23 heavy (non-hydrogen) atoms. The van der Waals surface area contributed by atoms with E-state index in [1.165, 1.54) is 23.1 Å². The average molecular weight is 307 g/mol. The molecule has 1 unspecified atom stereocenters. The third-order valence-corrected chi connectivity index (χ3v) is 4.47. The van der Waals surface area contributed by atoms with Crippen LogP contribution in [0.5, 0.6) is 0 Å². The Kier molecular flexibility index (Phi) is 6.61. The largest absolute Gasteiger partial charge is 0.314 e. The summed E-state index contributed by atoms with van der Waals surface area (Å²) in [4.78, 5) is 0. The maximum Gasteiger partial charge on any atom is 0.00420 e. The van der Waals surface area contributed by atoms with Gasteiger partial charge in [-0.3, -0.25) is 0 Å². The summed E-state index contributed by atoms with van der Waals surface area (Å²) in [5.41, 5.74) is 4.89. The second kappa shape index (κ2) is 8.69. The smallest absolute Gasteiger partial charge is 0.00420 e. The van der Waals surface area contributed by atoms with Gasteiger partial charge in [0.25, 0.3) is 0 Å². The normalized spacial score (nSPS) is 21.7. The van der Waals surface area contributed by atoms with Crippen LogP contribution in [-0.2, 0) is 6.42 Å². The Morgan fingerprint density at radius 2 is 1.96 bits per heavy atom. The van der Waals surface area contributed by atoms with Crippen LogP contribution in [0.3, 0.4) is 0 Å². The fourth-order valence-electron chi connectivity index (χ4n) is 3.20. The van der Waals surface area contributed by atoms with Crippen LogP contribution >= 0.6 is 0 Å². The molecule has 1 fully saturated rings. The van der Waals surface area contributed by atoms with E-state index >= 15 is 0 Å². The van der Waals surface area contributed by atoms with Crippen molar-refractivity contribution in [2.45, 2.75) is 39.2 Å². The molecule has 0 saturated carbocycles. The summed E-state index contributed by atoms with van der Waals surface area (Å²) in [7, 11) is 0. The van der Waals surface area contributed by atoms with Gasteiger partial charge < -0.3 is 5.32 Å². The lowest BCUT2D eigenvalue weighted by Gasteiger charge is -2.12. The highest BCUT2D eigenvalue weighted by molar-refractivity contribution is 5.41. The first-order chi connectivity index (χ1) is 11.1. The molecule has 1 N–H and O–H groups in total. The Morgan fingerprint density at radius 3 is 2.57 bits per heavy atom. The van der Waals surface area contributed by atoms with Crippen LogP contribution in [0.1, 0.15) is 32.3 Å². The Morgan fingerprint density at radius 1 is 1.22 bits per heavy atom. The Balaban J connectivity index is 1.88. The molecular weight excluding hydrogens is 278 g/mol. The van der Waals surface area contributed by atoms with E-state index in [1.807, 2.05) is 6.07 Å². The zero-order valence-corrected chi connectivity index (χ0v) is 14.5. The van der Waals surface area contributed by atoms with Crippen molar-refractivity contribution in [2.75, 3.05) is 6.54 Å². The first-order valence-corrected chi connectivity index (χ1v) is 8.56. The van der Waals surface area contributed by atoms with Crippen LogP contribution in [0.2, 0.25) is 0 Å². The van der Waals surface area contributed by atoms with Crippen LogP contribution in [-0.4, -0.2) is 12.6 Å². The minimum atomic E-state index is 0.642. The minimum absolute atomic E-state index is 0.642. The molecule has 122 valence electrons. The van der Waals surface area contributed by atoms with Gasteiger partial charge in [0.1, 0.15) is 0 Å². The monoisotopic (exact) mass is 307 g/mol. The van der Waals surface area contributed by atoms with Crippen LogP contribution < -0.4 is 5.32 Å². The van der Waals surface area contributed by atoms with Gasteiger partial charge in [-0.2, -0.15) is 0 Å². The number of hydrogen-bond donors (Lipinski definition) is 1. The van der Waals surface area contributed by atoms with Crippen molar-refractivity contribution in [1.29, 1.82) is 0 Å². The quantitative estimate of drug-likeness (QED) is 0.680. The molecule has 0 spiro atoms. The first kappa shape index (κ1) is 17.5. The summed E-state index contributed by atoms with van der Waals surface area (Å²) in [5.74, 6) is 0.716. The van der Waals surface area contributed by atoms with Gasteiger partial charge in [0.2, 0.25) is 0 Å². The summed E-state index contributed by atoms with van der Waals surface area (Å²) in [5, 5.41) is 3.52. The lowest BCUT2D eigenvalue weighted by molar-refractivity contribution is 0.566. The molecule has 2 rings (SSSR count). The molecule has 1 heterocycles. The molecule has 0 aromatic heterocycles. The predicted molar refractivity (Wildman–Crippen MR) is 102 cm³/mol. The Hall–Kier alpha value is -1.86. The van der Waals surface area contributed by atoms with Crippen molar-refractivity contribution in [3.63, 3.8) is 0 Å². The second-order valence-corrected chi connectivity index (χ2v) is 6.62. The fraction of sp³-hybridized carbons (Fsp3) is 0.364. The van der Waals surface area contributed by atoms with E-state index < -0.39 is 0 Å². The first-order valence-electron chi connectivity index (χ1n) is 8.56. The Bertz CT molecular complexity index is 592. The zero-order valence-electron chi connectivity index (χ0n) is 14.5. The van der Waals surface area contributed by atoms with Crippen molar-refractivity contribution in [3.8, 4) is 0 Å². The van der Waals surface area contributed by atoms with Gasteiger partial charge in [-0.1, -0.05) is 67.3 Å². The van der Waals surface area contributed by atoms with Gasteiger partial charge in [-0.05, 0) is 62.3 Å². The van der Waals surface area contributed by atoms with E-state index in [4.69, 9.17) is 0 Å². The molecule has 1 aromatic rings. The fourth-order valence-corrected chi connectivity index (χ4v) is 3.20. The van der Waals surface area contributed by atoms with Gasteiger partial charge in [0, 0.05) is 6.04 Å². The topological polar surface area (TPSA) is 12.0 Å². The van der Waals surface area contributed by atoms with Gasteiger partial charge in [0.05, 0.1) is 0 Å². The molecular formula is C22H29N. The summed E-state index contributed by atoms with van der Waals surface area (Å²) >= 11 is 0. The number of benzene rings is 1. The molecule has 0 aliphatic carbocycles. The van der Waals surface area contributed by atoms with Crippen molar-refractivity contribution >= 4 is 0 Å². The highest BCUT2D eigenvalue weighted by Gasteiger charge is 2.21. The van der Waals surface area contributed by atoms with Gasteiger partial charge >= 0.3 is 0 Å². The number of nitrogens with one attached hydrogen (secondary N) is 1. The molecule has 1 nitrogen and oxygen atoms in total. The van der Waals surface area contributed by atoms with Crippen LogP contribution in [0, 0.1) is 5.92 Å². The molecule has 1 heteroatoms. The molecule has 0 amide bonds. The van der Waals surface area contributed by atoms with Crippen molar-refractivity contribution < 1.29 is 0 Å². The lowest BCUT2D eigenvalue weighted by Crippen LogP contribution is -2.16. The van der Waals surface area contributed by atoms with E-state index in [0.717, 1.165) is 25.0 Å². The second-order valence-electron chi connectivity index (χ2n) is 6.62. The maximum atomic E-state index is 4.30. The third-order valence-electron chi connectivity index (χ3n) is 4.47. The van der Waals surface area contributed by atoms with E-state index in [2.05, 4.69) is 74.8 Å². The van der Waals surface area contributed by atoms with E-state index in [-0.39, 0.29) is 0 Å². The van der Waals surface area contributed by atoms with Crippen molar-refractivity contribution in [3.05, 3.63) is 84.0 Å². The average Bonchev–Trinajstić information content (AvgIpc) is 2.94. The summed E-state index contributed by atoms with van der Waals surface area (Å²) in [6.45, 7) is 13.9. The molecule has 1 aliphatic rings. The van der Waals surface area contributed by atoms with E-state index in [0.29, 0.717) is 12.0 Å². The molecule has 1 aliphatic heterocycles. The predicted octanol–water partition coefficient (Wildman–Crippen LogP) is 5.23. The number of hydrogen-bond acceptors (Lipinski definition) is 1. The Labute approximate surface area is 141 Å². The standard InChI is InChI=1S/C22H29N/c1-5-22(18(3)14-21-15-19(4)23-16-21)12-11-17(2)13-20-9-7-6-8-10-20/h5-12,19,21,23H,2-3,13-16H2,1,4H3/b12-11-,22-5+/t19-,21?/m1/s1. The van der Waals surface area contributed by atoms with Crippen molar-refractivity contribution in [2.24, 2.45) is 5.92 Å². The SMILES string of the molecule is C=C(/C=C\C(=C/C)C(=C)CC1CN[C@H](C)C1)Cc1ccccc1. The van der Waals surface area contributed by atoms with Gasteiger partial charge in [0.15, 0.2) is 0 Å². The van der Waals surface area contributed by atoms with E-state index in [9.17, 15) is 0 Å². The maximum absolute atomic E-state index is 4.30. The highest BCUT2D eigenvalue weighted by atomic mass is 14.9. The number of allylic oxidation sites excluding steroid dienone is 6. The highest BCUT2D eigenvalue weighted by Crippen LogP contribution is 2.25. The molecule has 0 radical (unpaired) electrons. The molecule has 1 aromatic carbocycles. The molecule has 2 atom stereocenters. The minimum Gasteiger partial charge on any atom is -0.314 e. The van der Waals surface area contributed by atoms with E-state index in [1.54, 1.807) is 0 Å². The molecule has 0 bridgehead atoms. The summed E-state index contributed by atoms with van der Waals surface area (Å²) in [6, 6.07) is 11.1. The van der Waals surface area contributed by atoms with Crippen molar-refractivity contribution in [1.82, 2.24) is 5.32 Å². The van der Waals surface area contributed by atoms with Gasteiger partial charge in [-0.25, -0.2) is 0 Å². The van der Waals surface area contributed by atoms with Crippen LogP contribution in [0.25, 0.3) is 0 Å². The number of rotatable bonds is 7. The molecule has 1 saturated heterocycles.